The molecule has 0 atom stereocenters. The maximum atomic E-state index is 12.5. The van der Waals surface area contributed by atoms with Crippen LogP contribution >= 0.6 is 11.6 Å². The van der Waals surface area contributed by atoms with Gasteiger partial charge in [-0.25, -0.2) is 4.79 Å². The molecule has 0 aliphatic carbocycles. The van der Waals surface area contributed by atoms with E-state index in [0.29, 0.717) is 16.3 Å². The minimum Gasteiger partial charge on any atom is -0.465 e. The summed E-state index contributed by atoms with van der Waals surface area (Å²) >= 11 is 5.88. The first kappa shape index (κ1) is 18.3. The Morgan fingerprint density at radius 2 is 1.81 bits per heavy atom. The van der Waals surface area contributed by atoms with Gasteiger partial charge in [-0.3, -0.25) is 4.79 Å². The molecule has 0 unspecified atom stereocenters. The average molecular weight is 373 g/mol. The maximum Gasteiger partial charge on any atom is 0.337 e. The molecule has 0 radical (unpaired) electrons. The fraction of sp³-hybridized carbons (Fsp3) is 0.300. The number of carbonyl (C=O) groups is 2. The van der Waals surface area contributed by atoms with Crippen molar-refractivity contribution >= 4 is 34.9 Å². The molecule has 0 aromatic heterocycles. The van der Waals surface area contributed by atoms with Crippen molar-refractivity contribution < 1.29 is 14.3 Å². The molecule has 1 aliphatic heterocycles. The quantitative estimate of drug-likeness (QED) is 0.808. The zero-order valence-corrected chi connectivity index (χ0v) is 15.4. The van der Waals surface area contributed by atoms with E-state index in [1.165, 1.54) is 7.11 Å². The normalized spacial score (nSPS) is 13.5. The van der Waals surface area contributed by atoms with Crippen LogP contribution in [0.3, 0.4) is 0 Å². The largest absolute Gasteiger partial charge is 0.465 e. The lowest BCUT2D eigenvalue weighted by molar-refractivity contribution is -0.115. The Balaban J connectivity index is 1.81. The molecule has 26 heavy (non-hydrogen) atoms. The monoisotopic (exact) mass is 372 g/mol. The number of methoxy groups -OCH3 is 1. The van der Waals surface area contributed by atoms with Crippen molar-refractivity contribution in [2.75, 3.05) is 30.4 Å². The van der Waals surface area contributed by atoms with Crippen molar-refractivity contribution in [3.05, 3.63) is 58.6 Å². The standard InChI is InChI=1S/C20H21ClN2O3/c1-26-20(25)15-6-9-18(23-10-2-3-11-23)17(13-15)22-19(24)12-14-4-7-16(21)8-5-14/h4-9,13H,2-3,10-12H2,1H3,(H,22,24). The molecular formula is C20H21ClN2O3. The first-order chi connectivity index (χ1) is 12.6. The number of benzene rings is 2. The molecule has 1 amide bonds. The highest BCUT2D eigenvalue weighted by Gasteiger charge is 2.19. The van der Waals surface area contributed by atoms with Crippen LogP contribution in [0.25, 0.3) is 0 Å². The number of esters is 1. The van der Waals surface area contributed by atoms with Crippen LogP contribution in [0, 0.1) is 0 Å². The van der Waals surface area contributed by atoms with Crippen molar-refractivity contribution in [2.45, 2.75) is 19.3 Å². The van der Waals surface area contributed by atoms with Gasteiger partial charge in [0.05, 0.1) is 30.5 Å². The third-order valence-electron chi connectivity index (χ3n) is 4.42. The number of ether oxygens (including phenoxy) is 1. The predicted octanol–water partition coefficient (Wildman–Crippen LogP) is 3.91. The number of nitrogens with one attached hydrogen (secondary N) is 1. The second-order valence-corrected chi connectivity index (χ2v) is 6.71. The predicted molar refractivity (Wildman–Crippen MR) is 103 cm³/mol. The molecule has 1 aliphatic rings. The summed E-state index contributed by atoms with van der Waals surface area (Å²) in [4.78, 5) is 26.6. The number of halogens is 1. The zero-order chi connectivity index (χ0) is 18.5. The van der Waals surface area contributed by atoms with E-state index in [9.17, 15) is 9.59 Å². The smallest absolute Gasteiger partial charge is 0.337 e. The van der Waals surface area contributed by atoms with E-state index in [1.54, 1.807) is 24.3 Å². The third-order valence-corrected chi connectivity index (χ3v) is 4.67. The summed E-state index contributed by atoms with van der Waals surface area (Å²) in [6.45, 7) is 1.88. The second kappa shape index (κ2) is 8.23. The molecule has 1 saturated heterocycles. The Labute approximate surface area is 157 Å². The lowest BCUT2D eigenvalue weighted by atomic mass is 10.1. The molecule has 5 nitrogen and oxygen atoms in total. The van der Waals surface area contributed by atoms with Gasteiger partial charge in [-0.1, -0.05) is 23.7 Å². The molecule has 1 fully saturated rings. The lowest BCUT2D eigenvalue weighted by Gasteiger charge is -2.22. The van der Waals surface area contributed by atoms with Gasteiger partial charge < -0.3 is 15.0 Å². The number of hydrogen-bond acceptors (Lipinski definition) is 4. The first-order valence-corrected chi connectivity index (χ1v) is 8.96. The van der Waals surface area contributed by atoms with Crippen LogP contribution in [-0.4, -0.2) is 32.1 Å². The van der Waals surface area contributed by atoms with Crippen molar-refractivity contribution in [1.29, 1.82) is 0 Å². The van der Waals surface area contributed by atoms with Gasteiger partial charge in [0.15, 0.2) is 0 Å². The van der Waals surface area contributed by atoms with Crippen LogP contribution in [0.4, 0.5) is 11.4 Å². The number of nitrogens with zero attached hydrogens (tertiary/aromatic N) is 1. The Hall–Kier alpha value is -2.53. The molecular weight excluding hydrogens is 352 g/mol. The highest BCUT2D eigenvalue weighted by atomic mass is 35.5. The maximum absolute atomic E-state index is 12.5. The average Bonchev–Trinajstić information content (AvgIpc) is 3.17. The summed E-state index contributed by atoms with van der Waals surface area (Å²) < 4.78 is 4.79. The fourth-order valence-electron chi connectivity index (χ4n) is 3.10. The molecule has 0 saturated carbocycles. The fourth-order valence-corrected chi connectivity index (χ4v) is 3.22. The number of amides is 1. The van der Waals surface area contributed by atoms with Gasteiger partial charge in [0, 0.05) is 18.1 Å². The summed E-state index contributed by atoms with van der Waals surface area (Å²) in [6.07, 6.45) is 2.48. The van der Waals surface area contributed by atoms with E-state index in [1.807, 2.05) is 18.2 Å². The van der Waals surface area contributed by atoms with Crippen molar-refractivity contribution in [3.8, 4) is 0 Å². The molecule has 3 rings (SSSR count). The van der Waals surface area contributed by atoms with E-state index in [4.69, 9.17) is 16.3 Å². The van der Waals surface area contributed by atoms with Gasteiger partial charge in [0.1, 0.15) is 0 Å². The molecule has 1 N–H and O–H groups in total. The molecule has 2 aromatic rings. The van der Waals surface area contributed by atoms with E-state index >= 15 is 0 Å². The highest BCUT2D eigenvalue weighted by molar-refractivity contribution is 6.30. The Morgan fingerprint density at radius 3 is 2.46 bits per heavy atom. The zero-order valence-electron chi connectivity index (χ0n) is 14.6. The first-order valence-electron chi connectivity index (χ1n) is 8.58. The van der Waals surface area contributed by atoms with Gasteiger partial charge >= 0.3 is 5.97 Å². The summed E-state index contributed by atoms with van der Waals surface area (Å²) in [5.74, 6) is -0.569. The molecule has 6 heteroatoms. The number of carbonyl (C=O) groups excluding carboxylic acids is 2. The molecule has 1 heterocycles. The third kappa shape index (κ3) is 4.35. The van der Waals surface area contributed by atoms with Crippen molar-refractivity contribution in [3.63, 3.8) is 0 Å². The number of anilines is 2. The van der Waals surface area contributed by atoms with Gasteiger partial charge in [-0.15, -0.1) is 0 Å². The summed E-state index contributed by atoms with van der Waals surface area (Å²) in [5.41, 5.74) is 2.85. The molecule has 2 aromatic carbocycles. The van der Waals surface area contributed by atoms with Gasteiger partial charge in [-0.2, -0.15) is 0 Å². The Morgan fingerprint density at radius 1 is 1.12 bits per heavy atom. The minimum absolute atomic E-state index is 0.144. The van der Waals surface area contributed by atoms with E-state index < -0.39 is 5.97 Å². The van der Waals surface area contributed by atoms with Gasteiger partial charge in [-0.05, 0) is 48.7 Å². The lowest BCUT2D eigenvalue weighted by Crippen LogP contribution is -2.22. The summed E-state index contributed by atoms with van der Waals surface area (Å²) in [7, 11) is 1.34. The van der Waals surface area contributed by atoms with E-state index in [2.05, 4.69) is 10.2 Å². The number of rotatable bonds is 5. The van der Waals surface area contributed by atoms with Crippen molar-refractivity contribution in [2.24, 2.45) is 0 Å². The highest BCUT2D eigenvalue weighted by Crippen LogP contribution is 2.30. The van der Waals surface area contributed by atoms with Gasteiger partial charge in [0.25, 0.3) is 0 Å². The van der Waals surface area contributed by atoms with E-state index in [-0.39, 0.29) is 12.3 Å². The van der Waals surface area contributed by atoms with E-state index in [0.717, 1.165) is 37.2 Å². The summed E-state index contributed by atoms with van der Waals surface area (Å²) in [6, 6.07) is 12.5. The topological polar surface area (TPSA) is 58.6 Å². The Kier molecular flexibility index (Phi) is 5.78. The summed E-state index contributed by atoms with van der Waals surface area (Å²) in [5, 5.41) is 3.58. The molecule has 136 valence electrons. The molecule has 0 spiro atoms. The van der Waals surface area contributed by atoms with Crippen LogP contribution in [-0.2, 0) is 16.0 Å². The SMILES string of the molecule is COC(=O)c1ccc(N2CCCC2)c(NC(=O)Cc2ccc(Cl)cc2)c1. The minimum atomic E-state index is -0.425. The van der Waals surface area contributed by atoms with Crippen LogP contribution in [0.1, 0.15) is 28.8 Å². The van der Waals surface area contributed by atoms with Crippen LogP contribution < -0.4 is 10.2 Å². The second-order valence-electron chi connectivity index (χ2n) is 6.27. The van der Waals surface area contributed by atoms with Crippen LogP contribution in [0.2, 0.25) is 5.02 Å². The van der Waals surface area contributed by atoms with Crippen LogP contribution in [0.5, 0.6) is 0 Å². The van der Waals surface area contributed by atoms with Crippen molar-refractivity contribution in [1.82, 2.24) is 0 Å². The number of hydrogen-bond donors (Lipinski definition) is 1. The van der Waals surface area contributed by atoms with Gasteiger partial charge in [0.2, 0.25) is 5.91 Å². The van der Waals surface area contributed by atoms with Crippen LogP contribution in [0.15, 0.2) is 42.5 Å². The molecule has 0 bridgehead atoms. The Bertz CT molecular complexity index is 799.